The van der Waals surface area contributed by atoms with E-state index in [2.05, 4.69) is 49.9 Å². The molecule has 7 heteroatoms. The van der Waals surface area contributed by atoms with Crippen LogP contribution >= 0.6 is 0 Å². The second kappa shape index (κ2) is 8.14. The highest BCUT2D eigenvalue weighted by atomic mass is 16.1. The molecule has 1 fully saturated rings. The largest absolute Gasteiger partial charge is 0.353 e. The van der Waals surface area contributed by atoms with Gasteiger partial charge < -0.3 is 16.4 Å². The molecule has 0 unspecified atom stereocenters. The predicted molar refractivity (Wildman–Crippen MR) is 109 cm³/mol. The van der Waals surface area contributed by atoms with Crippen LogP contribution in [-0.2, 0) is 0 Å². The molecule has 4 rings (SSSR count). The number of hydrogen-bond acceptors (Lipinski definition) is 6. The normalized spacial score (nSPS) is 13.2. The summed E-state index contributed by atoms with van der Waals surface area (Å²) in [5, 5.41) is 5.72. The van der Waals surface area contributed by atoms with E-state index in [1.54, 1.807) is 12.3 Å². The van der Waals surface area contributed by atoms with Crippen molar-refractivity contribution in [3.8, 4) is 11.1 Å². The highest BCUT2D eigenvalue weighted by Gasteiger charge is 2.23. The van der Waals surface area contributed by atoms with Crippen molar-refractivity contribution < 1.29 is 4.79 Å². The van der Waals surface area contributed by atoms with E-state index < -0.39 is 0 Å². The van der Waals surface area contributed by atoms with Crippen LogP contribution in [0.4, 0.5) is 11.8 Å². The van der Waals surface area contributed by atoms with Crippen LogP contribution < -0.4 is 16.4 Å². The third-order valence-electron chi connectivity index (χ3n) is 4.62. The van der Waals surface area contributed by atoms with Gasteiger partial charge in [-0.3, -0.25) is 4.79 Å². The van der Waals surface area contributed by atoms with E-state index in [1.807, 2.05) is 6.07 Å². The van der Waals surface area contributed by atoms with Crippen LogP contribution in [0.2, 0.25) is 0 Å². The number of carbonyl (C=O) groups excluding carboxylic acids is 1. The van der Waals surface area contributed by atoms with Gasteiger partial charge in [0.25, 0.3) is 5.91 Å². The number of aromatic nitrogens is 3. The SMILES string of the molecule is NCCNc1ncc(C(=O)Nc2ccc(-c3cccc(C4CC4)c3)cn2)cn1. The molecule has 0 radical (unpaired) electrons. The summed E-state index contributed by atoms with van der Waals surface area (Å²) >= 11 is 0. The zero-order chi connectivity index (χ0) is 19.3. The second-order valence-corrected chi connectivity index (χ2v) is 6.80. The van der Waals surface area contributed by atoms with E-state index in [9.17, 15) is 4.79 Å². The van der Waals surface area contributed by atoms with Gasteiger partial charge in [-0.1, -0.05) is 24.3 Å². The minimum Gasteiger partial charge on any atom is -0.353 e. The van der Waals surface area contributed by atoms with Crippen LogP contribution in [0.3, 0.4) is 0 Å². The van der Waals surface area contributed by atoms with Gasteiger partial charge in [-0.25, -0.2) is 15.0 Å². The smallest absolute Gasteiger partial charge is 0.259 e. The molecule has 1 saturated carbocycles. The van der Waals surface area contributed by atoms with Crippen LogP contribution in [-0.4, -0.2) is 33.9 Å². The molecule has 2 aromatic heterocycles. The van der Waals surface area contributed by atoms with Crippen LogP contribution in [0.15, 0.2) is 55.0 Å². The topological polar surface area (TPSA) is 106 Å². The third kappa shape index (κ3) is 4.32. The Balaban J connectivity index is 1.41. The Hall–Kier alpha value is -3.32. The maximum atomic E-state index is 12.3. The highest BCUT2D eigenvalue weighted by Crippen LogP contribution is 2.41. The first-order chi connectivity index (χ1) is 13.7. The van der Waals surface area contributed by atoms with Crippen molar-refractivity contribution in [1.82, 2.24) is 15.0 Å². The van der Waals surface area contributed by atoms with E-state index in [0.717, 1.165) is 11.1 Å². The summed E-state index contributed by atoms with van der Waals surface area (Å²) in [6.07, 6.45) is 7.27. The van der Waals surface area contributed by atoms with Gasteiger partial charge in [-0.05, 0) is 42.0 Å². The Kier molecular flexibility index (Phi) is 5.25. The quantitative estimate of drug-likeness (QED) is 0.587. The molecule has 28 heavy (non-hydrogen) atoms. The Morgan fingerprint density at radius 3 is 2.54 bits per heavy atom. The van der Waals surface area contributed by atoms with Crippen molar-refractivity contribution in [2.45, 2.75) is 18.8 Å². The average Bonchev–Trinajstić information content (AvgIpc) is 3.59. The standard InChI is InChI=1S/C21H22N6O/c22-8-9-23-21-25-12-18(13-26-21)20(28)27-19-7-6-17(11-24-19)16-3-1-2-15(10-16)14-4-5-14/h1-3,6-7,10-14H,4-5,8-9,22H2,(H,23,25,26)(H,24,27,28). The number of anilines is 2. The van der Waals surface area contributed by atoms with Crippen molar-refractivity contribution in [2.75, 3.05) is 23.7 Å². The number of pyridine rings is 1. The first-order valence-electron chi connectivity index (χ1n) is 9.36. The molecule has 1 aliphatic carbocycles. The number of nitrogens with one attached hydrogen (secondary N) is 2. The molecule has 0 bridgehead atoms. The van der Waals surface area contributed by atoms with E-state index in [-0.39, 0.29) is 5.91 Å². The molecule has 0 aliphatic heterocycles. The zero-order valence-electron chi connectivity index (χ0n) is 15.4. The Morgan fingerprint density at radius 1 is 1.04 bits per heavy atom. The first-order valence-corrected chi connectivity index (χ1v) is 9.36. The molecule has 1 aliphatic rings. The summed E-state index contributed by atoms with van der Waals surface area (Å²) in [5.41, 5.74) is 9.34. The summed E-state index contributed by atoms with van der Waals surface area (Å²) in [6.45, 7) is 1.06. The van der Waals surface area contributed by atoms with Gasteiger partial charge in [0.15, 0.2) is 0 Å². The fraction of sp³-hybridized carbons (Fsp3) is 0.238. The number of rotatable bonds is 7. The van der Waals surface area contributed by atoms with Crippen LogP contribution in [0, 0.1) is 0 Å². The molecule has 0 spiro atoms. The van der Waals surface area contributed by atoms with E-state index in [0.29, 0.717) is 36.3 Å². The number of benzene rings is 1. The minimum atomic E-state index is -0.304. The van der Waals surface area contributed by atoms with Gasteiger partial charge in [-0.15, -0.1) is 0 Å². The molecule has 0 saturated heterocycles. The predicted octanol–water partition coefficient (Wildman–Crippen LogP) is 3.04. The average molecular weight is 374 g/mol. The number of nitrogens with zero attached hydrogens (tertiary/aromatic N) is 3. The van der Waals surface area contributed by atoms with Gasteiger partial charge in [0.05, 0.1) is 5.56 Å². The number of nitrogens with two attached hydrogens (primary N) is 1. The van der Waals surface area contributed by atoms with E-state index in [1.165, 1.54) is 30.8 Å². The molecule has 4 N–H and O–H groups in total. The monoisotopic (exact) mass is 374 g/mol. The molecule has 142 valence electrons. The number of hydrogen-bond donors (Lipinski definition) is 3. The zero-order valence-corrected chi connectivity index (χ0v) is 15.4. The molecular formula is C21H22N6O. The van der Waals surface area contributed by atoms with Crippen LogP contribution in [0.25, 0.3) is 11.1 Å². The van der Waals surface area contributed by atoms with Gasteiger partial charge in [0.1, 0.15) is 5.82 Å². The van der Waals surface area contributed by atoms with Crippen LogP contribution in [0.5, 0.6) is 0 Å². The van der Waals surface area contributed by atoms with Gasteiger partial charge in [-0.2, -0.15) is 0 Å². The van der Waals surface area contributed by atoms with Crippen molar-refractivity contribution in [3.63, 3.8) is 0 Å². The third-order valence-corrected chi connectivity index (χ3v) is 4.62. The molecule has 7 nitrogen and oxygen atoms in total. The first kappa shape index (κ1) is 18.1. The lowest BCUT2D eigenvalue weighted by Crippen LogP contribution is -2.16. The Labute approximate surface area is 163 Å². The molecule has 0 atom stereocenters. The minimum absolute atomic E-state index is 0.304. The van der Waals surface area contributed by atoms with E-state index in [4.69, 9.17) is 5.73 Å². The molecular weight excluding hydrogens is 352 g/mol. The summed E-state index contributed by atoms with van der Waals surface area (Å²) in [5.74, 6) is 1.34. The number of amides is 1. The summed E-state index contributed by atoms with van der Waals surface area (Å²) in [7, 11) is 0. The summed E-state index contributed by atoms with van der Waals surface area (Å²) < 4.78 is 0. The van der Waals surface area contributed by atoms with Gasteiger partial charge in [0.2, 0.25) is 5.95 Å². The van der Waals surface area contributed by atoms with Gasteiger partial charge >= 0.3 is 0 Å². The fourth-order valence-corrected chi connectivity index (χ4v) is 2.94. The lowest BCUT2D eigenvalue weighted by atomic mass is 10.0. The fourth-order valence-electron chi connectivity index (χ4n) is 2.94. The highest BCUT2D eigenvalue weighted by molar-refractivity contribution is 6.03. The Bertz CT molecular complexity index is 951. The number of carbonyl (C=O) groups is 1. The molecule has 1 aromatic carbocycles. The van der Waals surface area contributed by atoms with Crippen LogP contribution in [0.1, 0.15) is 34.7 Å². The molecule has 3 aromatic rings. The maximum Gasteiger partial charge on any atom is 0.259 e. The van der Waals surface area contributed by atoms with E-state index >= 15 is 0 Å². The van der Waals surface area contributed by atoms with Crippen molar-refractivity contribution in [3.05, 3.63) is 66.1 Å². The summed E-state index contributed by atoms with van der Waals surface area (Å²) in [4.78, 5) is 24.9. The lowest BCUT2D eigenvalue weighted by molar-refractivity contribution is 0.102. The molecule has 2 heterocycles. The Morgan fingerprint density at radius 2 is 1.86 bits per heavy atom. The molecule has 1 amide bonds. The summed E-state index contributed by atoms with van der Waals surface area (Å²) in [6, 6.07) is 12.3. The van der Waals surface area contributed by atoms with Gasteiger partial charge in [0, 0.05) is 37.2 Å². The van der Waals surface area contributed by atoms with Crippen molar-refractivity contribution in [2.24, 2.45) is 5.73 Å². The lowest BCUT2D eigenvalue weighted by Gasteiger charge is -2.08. The maximum absolute atomic E-state index is 12.3. The second-order valence-electron chi connectivity index (χ2n) is 6.80. The van der Waals surface area contributed by atoms with Crippen molar-refractivity contribution in [1.29, 1.82) is 0 Å². The van der Waals surface area contributed by atoms with Crippen molar-refractivity contribution >= 4 is 17.7 Å².